The lowest BCUT2D eigenvalue weighted by molar-refractivity contribution is 0.0966. The lowest BCUT2D eigenvalue weighted by atomic mass is 9.97. The zero-order valence-corrected chi connectivity index (χ0v) is 10.7. The first kappa shape index (κ1) is 12.8. The Hall–Kier alpha value is -0.610. The highest BCUT2D eigenvalue weighted by Crippen LogP contribution is 2.19. The van der Waals surface area contributed by atoms with Gasteiger partial charge in [-0.15, -0.1) is 0 Å². The third kappa shape index (κ3) is 3.96. The Labute approximate surface area is 104 Å². The van der Waals surface area contributed by atoms with Gasteiger partial charge in [0.2, 0.25) is 0 Å². The van der Waals surface area contributed by atoms with Crippen LogP contribution in [0.3, 0.4) is 0 Å². The summed E-state index contributed by atoms with van der Waals surface area (Å²) in [6.45, 7) is 4.26. The number of nitrogens with zero attached hydrogens (tertiary/aromatic N) is 1. The lowest BCUT2D eigenvalue weighted by Crippen LogP contribution is -2.41. The zero-order valence-electron chi connectivity index (χ0n) is 10.7. The summed E-state index contributed by atoms with van der Waals surface area (Å²) in [5.41, 5.74) is 5.59. The van der Waals surface area contributed by atoms with Gasteiger partial charge < -0.3 is 15.4 Å². The molecule has 2 aliphatic heterocycles. The first-order chi connectivity index (χ1) is 8.25. The van der Waals surface area contributed by atoms with Crippen LogP contribution >= 0.6 is 0 Å². The van der Waals surface area contributed by atoms with E-state index in [0.717, 1.165) is 26.1 Å². The second-order valence-electron chi connectivity index (χ2n) is 5.37. The van der Waals surface area contributed by atoms with Crippen LogP contribution in [0.5, 0.6) is 0 Å². The van der Waals surface area contributed by atoms with Crippen LogP contribution in [0.1, 0.15) is 38.5 Å². The smallest absolute Gasteiger partial charge is 0.0949 e. The van der Waals surface area contributed by atoms with Crippen molar-refractivity contribution in [3.05, 3.63) is 0 Å². The van der Waals surface area contributed by atoms with Crippen LogP contribution in [0, 0.1) is 11.3 Å². The second-order valence-corrected chi connectivity index (χ2v) is 5.37. The Morgan fingerprint density at radius 3 is 2.94 bits per heavy atom. The molecule has 4 heteroatoms. The molecule has 0 aliphatic carbocycles. The van der Waals surface area contributed by atoms with Crippen molar-refractivity contribution in [2.24, 2.45) is 11.7 Å². The molecule has 2 aliphatic rings. The molecule has 2 saturated heterocycles. The average Bonchev–Trinajstić information content (AvgIpc) is 2.82. The number of amidine groups is 1. The maximum atomic E-state index is 7.52. The van der Waals surface area contributed by atoms with E-state index in [1.807, 2.05) is 0 Å². The molecule has 2 fully saturated rings. The molecule has 0 saturated carbocycles. The van der Waals surface area contributed by atoms with Gasteiger partial charge in [0.1, 0.15) is 0 Å². The van der Waals surface area contributed by atoms with Gasteiger partial charge in [-0.2, -0.15) is 0 Å². The lowest BCUT2D eigenvalue weighted by Gasteiger charge is -2.32. The van der Waals surface area contributed by atoms with Crippen LogP contribution in [0.2, 0.25) is 0 Å². The number of ether oxygens (including phenoxy) is 1. The topological polar surface area (TPSA) is 62.3 Å². The molecular formula is C13H25N3O. The van der Waals surface area contributed by atoms with Gasteiger partial charge in [0.05, 0.1) is 11.9 Å². The van der Waals surface area contributed by atoms with Crippen molar-refractivity contribution >= 4 is 5.84 Å². The van der Waals surface area contributed by atoms with Crippen molar-refractivity contribution in [2.75, 3.05) is 26.2 Å². The van der Waals surface area contributed by atoms with Gasteiger partial charge in [0.25, 0.3) is 0 Å². The molecule has 3 N–H and O–H groups in total. The fourth-order valence-corrected chi connectivity index (χ4v) is 2.93. The van der Waals surface area contributed by atoms with E-state index in [4.69, 9.17) is 15.9 Å². The molecular weight excluding hydrogens is 214 g/mol. The average molecular weight is 239 g/mol. The molecule has 0 bridgehead atoms. The van der Waals surface area contributed by atoms with Gasteiger partial charge in [0.15, 0.2) is 0 Å². The number of hydrogen-bond donors (Lipinski definition) is 2. The number of rotatable bonds is 5. The van der Waals surface area contributed by atoms with Crippen LogP contribution < -0.4 is 5.73 Å². The van der Waals surface area contributed by atoms with Crippen LogP contribution in [0.4, 0.5) is 0 Å². The predicted molar refractivity (Wildman–Crippen MR) is 69.3 cm³/mol. The molecule has 0 aromatic carbocycles. The molecule has 4 nitrogen and oxygen atoms in total. The summed E-state index contributed by atoms with van der Waals surface area (Å²) in [7, 11) is 0. The molecule has 2 heterocycles. The van der Waals surface area contributed by atoms with Gasteiger partial charge >= 0.3 is 0 Å². The minimum absolute atomic E-state index is 0.298. The Bertz CT molecular complexity index is 251. The standard InChI is InChI=1S/C13H25N3O/c14-13(15)11-4-1-7-16(10-11)8-2-5-12-6-3-9-17-12/h11-12H,1-10H2,(H3,14,15). The zero-order chi connectivity index (χ0) is 12.1. The van der Waals surface area contributed by atoms with E-state index in [9.17, 15) is 0 Å². The number of nitrogens with two attached hydrogens (primary N) is 1. The summed E-state index contributed by atoms with van der Waals surface area (Å²) in [5.74, 6) is 0.667. The van der Waals surface area contributed by atoms with Crippen molar-refractivity contribution < 1.29 is 4.74 Å². The molecule has 17 heavy (non-hydrogen) atoms. The highest BCUT2D eigenvalue weighted by Gasteiger charge is 2.22. The minimum Gasteiger partial charge on any atom is -0.387 e. The van der Waals surface area contributed by atoms with Crippen LogP contribution in [-0.2, 0) is 4.74 Å². The predicted octanol–water partition coefficient (Wildman–Crippen LogP) is 1.59. The summed E-state index contributed by atoms with van der Waals surface area (Å²) in [6, 6.07) is 0. The van der Waals surface area contributed by atoms with Crippen molar-refractivity contribution in [1.29, 1.82) is 5.41 Å². The van der Waals surface area contributed by atoms with Gasteiger partial charge in [-0.1, -0.05) is 0 Å². The summed E-state index contributed by atoms with van der Waals surface area (Å²) >= 11 is 0. The van der Waals surface area contributed by atoms with Gasteiger partial charge in [0, 0.05) is 19.1 Å². The van der Waals surface area contributed by atoms with E-state index in [2.05, 4.69) is 4.90 Å². The van der Waals surface area contributed by atoms with E-state index in [1.165, 1.54) is 38.6 Å². The summed E-state index contributed by atoms with van der Waals surface area (Å²) in [5, 5.41) is 7.52. The van der Waals surface area contributed by atoms with E-state index in [-0.39, 0.29) is 0 Å². The normalized spacial score (nSPS) is 30.6. The Morgan fingerprint density at radius 1 is 1.35 bits per heavy atom. The Morgan fingerprint density at radius 2 is 2.24 bits per heavy atom. The molecule has 2 unspecified atom stereocenters. The maximum Gasteiger partial charge on any atom is 0.0949 e. The first-order valence-electron chi connectivity index (χ1n) is 6.93. The third-order valence-corrected chi connectivity index (χ3v) is 3.97. The van der Waals surface area contributed by atoms with Gasteiger partial charge in [-0.25, -0.2) is 0 Å². The summed E-state index contributed by atoms with van der Waals surface area (Å²) in [4.78, 5) is 2.46. The maximum absolute atomic E-state index is 7.52. The fraction of sp³-hybridized carbons (Fsp3) is 0.923. The number of hydrogen-bond acceptors (Lipinski definition) is 3. The number of piperidine rings is 1. The number of likely N-dealkylation sites (tertiary alicyclic amines) is 1. The molecule has 0 aromatic rings. The van der Waals surface area contributed by atoms with Crippen LogP contribution in [-0.4, -0.2) is 43.1 Å². The van der Waals surface area contributed by atoms with Gasteiger partial charge in [-0.05, 0) is 51.6 Å². The Balaban J connectivity index is 1.62. The largest absolute Gasteiger partial charge is 0.387 e. The van der Waals surface area contributed by atoms with Crippen LogP contribution in [0.15, 0.2) is 0 Å². The fourth-order valence-electron chi connectivity index (χ4n) is 2.93. The van der Waals surface area contributed by atoms with Crippen LogP contribution in [0.25, 0.3) is 0 Å². The highest BCUT2D eigenvalue weighted by atomic mass is 16.5. The van der Waals surface area contributed by atoms with Crippen molar-refractivity contribution in [1.82, 2.24) is 4.90 Å². The molecule has 0 amide bonds. The van der Waals surface area contributed by atoms with Crippen molar-refractivity contribution in [3.8, 4) is 0 Å². The molecule has 98 valence electrons. The summed E-state index contributed by atoms with van der Waals surface area (Å²) < 4.78 is 5.63. The molecule has 0 spiro atoms. The first-order valence-corrected chi connectivity index (χ1v) is 6.93. The molecule has 0 radical (unpaired) electrons. The minimum atomic E-state index is 0.298. The van der Waals surface area contributed by atoms with Crippen molar-refractivity contribution in [3.63, 3.8) is 0 Å². The van der Waals surface area contributed by atoms with Crippen molar-refractivity contribution in [2.45, 2.75) is 44.6 Å². The number of nitrogens with one attached hydrogen (secondary N) is 1. The Kier molecular flexibility index (Phi) is 4.80. The van der Waals surface area contributed by atoms with Gasteiger partial charge in [-0.3, -0.25) is 5.41 Å². The highest BCUT2D eigenvalue weighted by molar-refractivity contribution is 5.79. The second kappa shape index (κ2) is 6.36. The van der Waals surface area contributed by atoms with E-state index >= 15 is 0 Å². The quantitative estimate of drug-likeness (QED) is 0.566. The third-order valence-electron chi connectivity index (χ3n) is 3.97. The molecule has 2 atom stereocenters. The van der Waals surface area contributed by atoms with E-state index < -0.39 is 0 Å². The van der Waals surface area contributed by atoms with E-state index in [1.54, 1.807) is 0 Å². The summed E-state index contributed by atoms with van der Waals surface area (Å²) in [6.07, 6.45) is 7.69. The molecule has 2 rings (SSSR count). The molecule has 0 aromatic heterocycles. The SMILES string of the molecule is N=C(N)C1CCCN(CCCC2CCCO2)C1. The monoisotopic (exact) mass is 239 g/mol. The van der Waals surface area contributed by atoms with E-state index in [0.29, 0.717) is 17.9 Å².